The van der Waals surface area contributed by atoms with Crippen LogP contribution in [-0.2, 0) is 0 Å². The first-order chi connectivity index (χ1) is 17.1. The summed E-state index contributed by atoms with van der Waals surface area (Å²) >= 11 is 0. The van der Waals surface area contributed by atoms with Crippen molar-refractivity contribution in [3.05, 3.63) is 96.2 Å². The van der Waals surface area contributed by atoms with Crippen molar-refractivity contribution >= 4 is 16.6 Å². The summed E-state index contributed by atoms with van der Waals surface area (Å²) in [6, 6.07) is 12.4. The molecule has 7 nitrogen and oxygen atoms in total. The number of nitrogens with one attached hydrogen (secondary N) is 2. The summed E-state index contributed by atoms with van der Waals surface area (Å²) in [4.78, 5) is 21.0. The van der Waals surface area contributed by atoms with Gasteiger partial charge >= 0.3 is 0 Å². The Balaban J connectivity index is 1.51. The van der Waals surface area contributed by atoms with E-state index in [0.29, 0.717) is 12.2 Å². The second-order valence-corrected chi connectivity index (χ2v) is 8.55. The number of aromatic nitrogens is 4. The zero-order chi connectivity index (χ0) is 23.9. The number of hydrogen-bond acceptors (Lipinski definition) is 6. The second-order valence-electron chi connectivity index (χ2n) is 8.55. The molecule has 0 fully saturated rings. The number of fused-ring (bicyclic) bond motifs is 2. The van der Waals surface area contributed by atoms with Crippen LogP contribution in [0.3, 0.4) is 0 Å². The highest BCUT2D eigenvalue weighted by Gasteiger charge is 2.22. The molecule has 0 unspecified atom stereocenters. The standard InChI is InChI=1S/C27H21FN6O/c1-15-21-3-2-16(18-9-30-13-31-10-18)6-23(21)27(33-14-32-15)25-8-22-24(11-29-12-26(22)34-25)17-4-19(28)7-20(35)5-17/h2-13,15,32,34-35H,14H2,1H3/t15-/m1/s1. The van der Waals surface area contributed by atoms with Gasteiger partial charge in [-0.25, -0.2) is 14.4 Å². The van der Waals surface area contributed by atoms with E-state index in [1.807, 2.05) is 6.07 Å². The fourth-order valence-electron chi connectivity index (χ4n) is 4.59. The van der Waals surface area contributed by atoms with Gasteiger partial charge in [0.2, 0.25) is 0 Å². The molecule has 0 aliphatic carbocycles. The molecule has 1 atom stereocenters. The van der Waals surface area contributed by atoms with Gasteiger partial charge in [-0.2, -0.15) is 0 Å². The van der Waals surface area contributed by atoms with Crippen molar-refractivity contribution in [1.82, 2.24) is 25.3 Å². The van der Waals surface area contributed by atoms with E-state index in [9.17, 15) is 9.50 Å². The van der Waals surface area contributed by atoms with Gasteiger partial charge in [0, 0.05) is 52.8 Å². The number of hydrogen-bond donors (Lipinski definition) is 3. The SMILES string of the molecule is C[C@H]1NCN=C(c2cc3c(-c4cc(O)cc(F)c4)cncc3[nH]2)c2cc(-c3cncnc3)ccc21. The number of aromatic hydroxyl groups is 1. The quantitative estimate of drug-likeness (QED) is 0.349. The van der Waals surface area contributed by atoms with E-state index in [4.69, 9.17) is 4.99 Å². The van der Waals surface area contributed by atoms with Crippen LogP contribution in [0.4, 0.5) is 4.39 Å². The lowest BCUT2D eigenvalue weighted by Crippen LogP contribution is -2.17. The van der Waals surface area contributed by atoms with Gasteiger partial charge in [-0.1, -0.05) is 12.1 Å². The number of benzene rings is 2. The molecule has 1 aliphatic rings. The van der Waals surface area contributed by atoms with Gasteiger partial charge in [0.25, 0.3) is 0 Å². The molecule has 0 saturated carbocycles. The Kier molecular flexibility index (Phi) is 5.08. The highest BCUT2D eigenvalue weighted by Crippen LogP contribution is 2.33. The normalized spacial score (nSPS) is 15.5. The molecular weight excluding hydrogens is 443 g/mol. The van der Waals surface area contributed by atoms with Gasteiger partial charge < -0.3 is 10.1 Å². The molecular formula is C27H21FN6O. The number of rotatable bonds is 3. The van der Waals surface area contributed by atoms with E-state index in [1.165, 1.54) is 18.5 Å². The summed E-state index contributed by atoms with van der Waals surface area (Å²) in [5.41, 5.74) is 7.78. The van der Waals surface area contributed by atoms with E-state index < -0.39 is 5.82 Å². The Morgan fingerprint density at radius 1 is 0.886 bits per heavy atom. The van der Waals surface area contributed by atoms with Crippen LogP contribution in [0.5, 0.6) is 5.75 Å². The monoisotopic (exact) mass is 464 g/mol. The maximum atomic E-state index is 14.0. The minimum atomic E-state index is -0.507. The molecule has 0 bridgehead atoms. The van der Waals surface area contributed by atoms with Gasteiger partial charge in [-0.15, -0.1) is 0 Å². The van der Waals surface area contributed by atoms with Gasteiger partial charge in [0.1, 0.15) is 17.9 Å². The fourth-order valence-corrected chi connectivity index (χ4v) is 4.59. The lowest BCUT2D eigenvalue weighted by molar-refractivity contribution is 0.469. The van der Waals surface area contributed by atoms with E-state index in [0.717, 1.165) is 56.2 Å². The summed E-state index contributed by atoms with van der Waals surface area (Å²) < 4.78 is 14.0. The van der Waals surface area contributed by atoms with E-state index in [2.05, 4.69) is 50.4 Å². The van der Waals surface area contributed by atoms with Crippen LogP contribution in [0.25, 0.3) is 33.2 Å². The third-order valence-electron chi connectivity index (χ3n) is 6.30. The summed E-state index contributed by atoms with van der Waals surface area (Å²) in [5, 5.41) is 14.2. The fraction of sp³-hybridized carbons (Fsp3) is 0.111. The molecule has 2 aromatic carbocycles. The van der Waals surface area contributed by atoms with Crippen LogP contribution in [0.1, 0.15) is 29.8 Å². The number of phenolic OH excluding ortho intramolecular Hbond substituents is 1. The largest absolute Gasteiger partial charge is 0.508 e. The van der Waals surface area contributed by atoms with Crippen molar-refractivity contribution in [2.45, 2.75) is 13.0 Å². The first kappa shape index (κ1) is 21.1. The summed E-state index contributed by atoms with van der Waals surface area (Å²) in [6.07, 6.45) is 8.51. The van der Waals surface area contributed by atoms with Crippen LogP contribution in [0.15, 0.2) is 78.6 Å². The molecule has 1 aliphatic heterocycles. The average Bonchev–Trinajstić information content (AvgIpc) is 3.23. The summed E-state index contributed by atoms with van der Waals surface area (Å²) in [6.45, 7) is 2.58. The number of phenols is 1. The molecule has 4 heterocycles. The molecule has 5 aromatic rings. The predicted molar refractivity (Wildman–Crippen MR) is 133 cm³/mol. The number of pyridine rings is 1. The van der Waals surface area contributed by atoms with Crippen LogP contribution in [-0.4, -0.2) is 37.4 Å². The summed E-state index contributed by atoms with van der Waals surface area (Å²) in [7, 11) is 0. The molecule has 8 heteroatoms. The molecule has 0 amide bonds. The highest BCUT2D eigenvalue weighted by atomic mass is 19.1. The van der Waals surface area contributed by atoms with Crippen LogP contribution in [0.2, 0.25) is 0 Å². The van der Waals surface area contributed by atoms with Crippen LogP contribution in [0, 0.1) is 5.82 Å². The molecule has 0 radical (unpaired) electrons. The first-order valence-corrected chi connectivity index (χ1v) is 11.2. The Labute approximate surface area is 200 Å². The first-order valence-electron chi connectivity index (χ1n) is 11.2. The predicted octanol–water partition coefficient (Wildman–Crippen LogP) is 4.99. The van der Waals surface area contributed by atoms with E-state index in [-0.39, 0.29) is 11.8 Å². The average molecular weight is 465 g/mol. The maximum absolute atomic E-state index is 14.0. The van der Waals surface area contributed by atoms with Gasteiger partial charge in [-0.3, -0.25) is 15.3 Å². The molecule has 35 heavy (non-hydrogen) atoms. The number of halogens is 1. The number of nitrogens with zero attached hydrogens (tertiary/aromatic N) is 4. The maximum Gasteiger partial charge on any atom is 0.127 e. The van der Waals surface area contributed by atoms with Crippen molar-refractivity contribution in [1.29, 1.82) is 0 Å². The number of aliphatic imine (C=N–C) groups is 1. The van der Waals surface area contributed by atoms with Crippen molar-refractivity contribution in [2.24, 2.45) is 4.99 Å². The third-order valence-corrected chi connectivity index (χ3v) is 6.30. The van der Waals surface area contributed by atoms with Crippen LogP contribution < -0.4 is 5.32 Å². The zero-order valence-corrected chi connectivity index (χ0v) is 18.8. The molecule has 3 aromatic heterocycles. The van der Waals surface area contributed by atoms with Crippen molar-refractivity contribution in [3.63, 3.8) is 0 Å². The molecule has 0 saturated heterocycles. The van der Waals surface area contributed by atoms with E-state index in [1.54, 1.807) is 24.8 Å². The van der Waals surface area contributed by atoms with Gasteiger partial charge in [0.15, 0.2) is 0 Å². The lowest BCUT2D eigenvalue weighted by Gasteiger charge is -2.15. The zero-order valence-electron chi connectivity index (χ0n) is 18.8. The minimum absolute atomic E-state index is 0.115. The molecule has 0 spiro atoms. The molecule has 3 N–H and O–H groups in total. The smallest absolute Gasteiger partial charge is 0.127 e. The summed E-state index contributed by atoms with van der Waals surface area (Å²) in [5.74, 6) is -0.639. The van der Waals surface area contributed by atoms with Crippen molar-refractivity contribution in [2.75, 3.05) is 6.67 Å². The third kappa shape index (κ3) is 3.83. The van der Waals surface area contributed by atoms with Gasteiger partial charge in [0.05, 0.1) is 29.8 Å². The highest BCUT2D eigenvalue weighted by molar-refractivity contribution is 6.16. The second kappa shape index (κ2) is 8.41. The Morgan fingerprint density at radius 2 is 1.74 bits per heavy atom. The van der Waals surface area contributed by atoms with Crippen LogP contribution >= 0.6 is 0 Å². The van der Waals surface area contributed by atoms with Crippen molar-refractivity contribution < 1.29 is 9.50 Å². The lowest BCUT2D eigenvalue weighted by atomic mass is 9.93. The topological polar surface area (TPSA) is 99.1 Å². The number of aromatic amines is 1. The van der Waals surface area contributed by atoms with Gasteiger partial charge in [-0.05, 0) is 47.9 Å². The Hall–Kier alpha value is -4.43. The number of H-pyrrole nitrogens is 1. The minimum Gasteiger partial charge on any atom is -0.508 e. The van der Waals surface area contributed by atoms with E-state index >= 15 is 0 Å². The molecule has 6 rings (SSSR count). The van der Waals surface area contributed by atoms with Crippen molar-refractivity contribution in [3.8, 4) is 28.0 Å². The molecule has 172 valence electrons. The Morgan fingerprint density at radius 3 is 2.57 bits per heavy atom. The Bertz CT molecular complexity index is 1570.